The molecule has 0 aromatic carbocycles. The van der Waals surface area contributed by atoms with Crippen LogP contribution in [0.4, 0.5) is 0 Å². The molecule has 0 aliphatic heterocycles. The van der Waals surface area contributed by atoms with E-state index in [-0.39, 0.29) is 64.3 Å². The van der Waals surface area contributed by atoms with Crippen LogP contribution in [0, 0.1) is 0 Å². The summed E-state index contributed by atoms with van der Waals surface area (Å²) >= 11 is 0. The van der Waals surface area contributed by atoms with Gasteiger partial charge in [0.1, 0.15) is 0 Å². The van der Waals surface area contributed by atoms with Gasteiger partial charge in [0.15, 0.2) is 0 Å². The summed E-state index contributed by atoms with van der Waals surface area (Å²) in [7, 11) is -17.2. The third-order valence-electron chi connectivity index (χ3n) is 14.2. The molecule has 0 atom stereocenters. The Balaban J connectivity index is 0. The Labute approximate surface area is 562 Å². The van der Waals surface area contributed by atoms with Crippen LogP contribution in [0.15, 0.2) is 0 Å². The van der Waals surface area contributed by atoms with E-state index >= 15 is 0 Å². The molecule has 36 nitrogen and oxygen atoms in total. The molecule has 0 aromatic rings. The van der Waals surface area contributed by atoms with Crippen LogP contribution in [0.25, 0.3) is 0 Å². The Hall–Kier alpha value is 2.07. The van der Waals surface area contributed by atoms with E-state index in [2.05, 4.69) is 0 Å². The summed E-state index contributed by atoms with van der Waals surface area (Å²) in [5, 5.41) is 10.9. The number of aliphatic hydroxyl groups is 1. The topological polar surface area (TPSA) is 343 Å². The minimum absolute atomic E-state index is 0. The molecular weight excluding hydrogens is 1610 g/mol. The maximum absolute atomic E-state index is 10.9. The van der Waals surface area contributed by atoms with Crippen LogP contribution in [0.5, 0.6) is 0 Å². The molecule has 0 aliphatic carbocycles. The Morgan fingerprint density at radius 1 is 0.200 bits per heavy atom. The zero-order valence-corrected chi connectivity index (χ0v) is 73.8. The first kappa shape index (κ1) is 94.1. The van der Waals surface area contributed by atoms with Gasteiger partial charge in [0.2, 0.25) is 0 Å². The maximum Gasteiger partial charge on any atom is 0.671 e. The summed E-state index contributed by atoms with van der Waals surface area (Å²) in [4.78, 5) is 0. The fourth-order valence-electron chi connectivity index (χ4n) is 9.41. The number of rotatable bonds is 60. The van der Waals surface area contributed by atoms with Gasteiger partial charge in [-0.05, 0) is 12.5 Å². The summed E-state index contributed by atoms with van der Waals surface area (Å²) in [6.07, 6.45) is 1.08. The second-order valence-corrected chi connectivity index (χ2v) is 57.7. The second-order valence-electron chi connectivity index (χ2n) is 18.4. The van der Waals surface area contributed by atoms with E-state index in [9.17, 15) is 5.11 Å². The van der Waals surface area contributed by atoms with Crippen molar-refractivity contribution in [2.45, 2.75) is 73.7 Å². The van der Waals surface area contributed by atoms with Gasteiger partial charge in [-0.1, -0.05) is 43.4 Å². The Kier molecular flexibility index (Phi) is 47.1. The maximum atomic E-state index is 10.9. The van der Waals surface area contributed by atoms with Crippen molar-refractivity contribution < 1.29 is 179 Å². The molecule has 0 aliphatic rings. The van der Waals surface area contributed by atoms with Crippen LogP contribution in [0.3, 0.4) is 0 Å². The first-order valence-corrected chi connectivity index (χ1v) is 51.2. The zero-order chi connectivity index (χ0) is 68.4. The molecule has 0 saturated heterocycles. The Morgan fingerprint density at radius 2 is 0.378 bits per heavy atom. The van der Waals surface area contributed by atoms with Gasteiger partial charge >= 0.3 is 107 Å². The molecule has 90 heavy (non-hydrogen) atoms. The van der Waals surface area contributed by atoms with Crippen LogP contribution in [-0.4, -0.2) is 319 Å². The molecule has 0 saturated carbocycles. The Morgan fingerprint density at radius 3 is 0.556 bits per heavy atom. The van der Waals surface area contributed by atoms with Crippen molar-refractivity contribution in [3.63, 3.8) is 0 Å². The first-order chi connectivity index (χ1) is 42.2. The molecule has 0 aromatic heterocycles. The predicted molar refractivity (Wildman–Crippen MR) is 337 cm³/mol. The van der Waals surface area contributed by atoms with E-state index in [1.165, 1.54) is 192 Å². The molecule has 0 rings (SSSR count). The quantitative estimate of drug-likeness (QED) is 0.0849. The van der Waals surface area contributed by atoms with E-state index in [1.807, 2.05) is 0 Å². The van der Waals surface area contributed by atoms with Crippen molar-refractivity contribution in [3.8, 4) is 0 Å². The van der Waals surface area contributed by atoms with Gasteiger partial charge < -0.3 is 158 Å². The minimum atomic E-state index is -4.66. The van der Waals surface area contributed by atoms with Crippen molar-refractivity contribution in [3.05, 3.63) is 0 Å². The molecule has 0 heterocycles. The minimum Gasteiger partial charge on any atom is -0.396 e. The van der Waals surface area contributed by atoms with E-state index < -0.39 is 115 Å². The summed E-state index contributed by atoms with van der Waals surface area (Å²) in [6, 6.07) is 1.64. The van der Waals surface area contributed by atoms with E-state index in [0.29, 0.717) is 37.0 Å². The molecule has 0 unspecified atom stereocenters. The van der Waals surface area contributed by atoms with Gasteiger partial charge in [0.05, 0.1) is 13.7 Å². The van der Waals surface area contributed by atoms with Gasteiger partial charge in [-0.3, -0.25) is 0 Å². The van der Waals surface area contributed by atoms with Crippen molar-refractivity contribution in [1.82, 2.24) is 0 Å². The number of hydrogen-bond acceptors (Lipinski definition) is 36. The number of hydrogen-bond donors (Lipinski definition) is 1. The number of aliphatic hydroxyl groups excluding tert-OH is 1. The smallest absolute Gasteiger partial charge is 0.396 e. The summed E-state index contributed by atoms with van der Waals surface area (Å²) < 4.78 is 215. The molecule has 0 amide bonds. The standard InChI is InChI=1S/C40H108O36Si13.W/c1-42-81(43-2,44-3)40-78(69-82(45-4,46-5)47-6,70-83(48-7,49-8)50-9)37-29-34-77(33-28-32-41,35-30-38-79(71-84(51-10,52-11)53-12,72-85(54-13,55-14)56-15)73-86(57-16,58-17)59-18)36-31-39-80(74-87(60-19,61-20)62-21,75-88(63-22,64-23)65-24)76-89(66-25,67-26)68-27;/h41H,28-40H2,1-27H3;. The van der Waals surface area contributed by atoms with Gasteiger partial charge in [0, 0.05) is 232 Å². The van der Waals surface area contributed by atoms with Crippen molar-refractivity contribution in [1.29, 1.82) is 0 Å². The normalized spacial score (nSPS) is 14.3. The summed E-state index contributed by atoms with van der Waals surface area (Å²) in [5.41, 5.74) is -0.0958. The molecule has 0 fully saturated rings. The van der Waals surface area contributed by atoms with Crippen LogP contribution >= 0.6 is 0 Å². The van der Waals surface area contributed by atoms with Crippen molar-refractivity contribution >= 4 is 115 Å². The first-order valence-electron chi connectivity index (χ1n) is 27.3. The van der Waals surface area contributed by atoms with Crippen LogP contribution < -0.4 is 0 Å². The van der Waals surface area contributed by atoms with Crippen LogP contribution in [-0.2, 0) is 173 Å². The zero-order valence-electron chi connectivity index (χ0n) is 57.8. The van der Waals surface area contributed by atoms with Gasteiger partial charge in [-0.2, -0.15) is 0 Å². The average Bonchev–Trinajstić information content (AvgIpc) is 1.04. The van der Waals surface area contributed by atoms with E-state index in [4.69, 9.17) is 152 Å². The fourth-order valence-corrected chi connectivity index (χ4v) is 56.9. The van der Waals surface area contributed by atoms with Gasteiger partial charge in [0.25, 0.3) is 0 Å². The third kappa shape index (κ3) is 25.9. The molecule has 1 N–H and O–H groups in total. The fraction of sp³-hybridized carbons (Fsp3) is 1.00. The molecule has 0 bridgehead atoms. The molecule has 0 spiro atoms. The van der Waals surface area contributed by atoms with E-state index in [0.717, 1.165) is 0 Å². The van der Waals surface area contributed by atoms with Crippen LogP contribution in [0.1, 0.15) is 25.7 Å². The monoisotopic (exact) mass is 1710 g/mol. The van der Waals surface area contributed by atoms with E-state index in [1.54, 1.807) is 0 Å². The largest absolute Gasteiger partial charge is 0.671 e. The molecule has 0 radical (unpaired) electrons. The van der Waals surface area contributed by atoms with Gasteiger partial charge in [-0.25, -0.2) is 0 Å². The average molecular weight is 1710 g/mol. The second kappa shape index (κ2) is 45.0. The van der Waals surface area contributed by atoms with Gasteiger partial charge in [-0.15, -0.1) is 0 Å². The molecule has 50 heteroatoms. The molecule has 542 valence electrons. The summed E-state index contributed by atoms with van der Waals surface area (Å²) in [5.74, 6) is 0. The van der Waals surface area contributed by atoms with Crippen molar-refractivity contribution in [2.24, 2.45) is 0 Å². The molecular formula is C40H108O36Si13W. The van der Waals surface area contributed by atoms with Crippen LogP contribution in [0.2, 0.25) is 48.0 Å². The SMILES string of the molecule is CO[Si](C[Si](CCC[Si](CCCO)(CCC[Si](O[Si](OC)(OC)OC)(O[Si](OC)(OC)OC)O[Si](OC)(OC)OC)CCC[Si](O[Si](OC)(OC)OC)(O[Si](OC)(OC)OC)O[Si](OC)(OC)OC)(O[Si](OC)(OC)OC)O[Si](OC)(OC)OC)(OC)OC.[W]. The Bertz CT molecular complexity index is 1400. The summed E-state index contributed by atoms with van der Waals surface area (Å²) in [6.45, 7) is -0.202. The van der Waals surface area contributed by atoms with Crippen molar-refractivity contribution in [2.75, 3.05) is 199 Å². The predicted octanol–water partition coefficient (Wildman–Crippen LogP) is 1.85. The third-order valence-corrected chi connectivity index (χ3v) is 59.1.